The van der Waals surface area contributed by atoms with Crippen molar-refractivity contribution in [1.82, 2.24) is 0 Å². The van der Waals surface area contributed by atoms with E-state index in [2.05, 4.69) is 0 Å². The highest BCUT2D eigenvalue weighted by Gasteiger charge is 2.44. The average Bonchev–Trinajstić information content (AvgIpc) is 2.41. The normalized spacial score (nSPS) is 21.1. The Labute approximate surface area is 114 Å². The van der Waals surface area contributed by atoms with Gasteiger partial charge in [-0.25, -0.2) is 4.79 Å². The number of carbonyl (C=O) groups is 1. The third-order valence-electron chi connectivity index (χ3n) is 3.38. The van der Waals surface area contributed by atoms with Crippen LogP contribution in [0.3, 0.4) is 0 Å². The first-order valence-corrected chi connectivity index (χ1v) is 6.05. The first-order chi connectivity index (χ1) is 9.49. The molecular formula is C15H12O5. The Morgan fingerprint density at radius 3 is 2.35 bits per heavy atom. The molecule has 1 unspecified atom stereocenters. The molecule has 2 aromatic carbocycles. The number of carbonyl (C=O) groups excluding carboxylic acids is 1. The smallest absolute Gasteiger partial charge is 0.348 e. The summed E-state index contributed by atoms with van der Waals surface area (Å²) in [5.74, 6) is -0.516. The monoisotopic (exact) mass is 272 g/mol. The Hall–Kier alpha value is -2.53. The molecule has 5 nitrogen and oxygen atoms in total. The fourth-order valence-corrected chi connectivity index (χ4v) is 2.27. The van der Waals surface area contributed by atoms with E-state index in [1.54, 1.807) is 6.07 Å². The van der Waals surface area contributed by atoms with Crippen molar-refractivity contribution >= 4 is 5.97 Å². The Bertz CT molecular complexity index is 677. The van der Waals surface area contributed by atoms with Gasteiger partial charge in [0.1, 0.15) is 17.2 Å². The zero-order valence-electron chi connectivity index (χ0n) is 10.4. The molecule has 1 heterocycles. The first kappa shape index (κ1) is 12.5. The molecule has 3 rings (SSSR count). The standard InChI is InChI=1S/C15H12O5/c16-11-5-2-10(3-6-11)15(19)8-9-1-4-12(17)7-13(9)20-14(15)18/h1-7,16-17,19H,8H2. The number of phenolic OH excluding ortho intramolecular Hbond substituents is 2. The highest BCUT2D eigenvalue weighted by molar-refractivity contribution is 5.85. The van der Waals surface area contributed by atoms with E-state index in [0.717, 1.165) is 0 Å². The van der Waals surface area contributed by atoms with Gasteiger partial charge in [-0.3, -0.25) is 0 Å². The van der Waals surface area contributed by atoms with Crippen molar-refractivity contribution in [2.24, 2.45) is 0 Å². The molecule has 0 aliphatic carbocycles. The summed E-state index contributed by atoms with van der Waals surface area (Å²) in [5, 5.41) is 29.2. The van der Waals surface area contributed by atoms with E-state index in [0.29, 0.717) is 11.1 Å². The maximum absolute atomic E-state index is 12.1. The lowest BCUT2D eigenvalue weighted by atomic mass is 9.85. The second kappa shape index (κ2) is 4.25. The molecule has 0 aromatic heterocycles. The molecule has 0 saturated carbocycles. The van der Waals surface area contributed by atoms with Crippen LogP contribution >= 0.6 is 0 Å². The minimum Gasteiger partial charge on any atom is -0.508 e. The van der Waals surface area contributed by atoms with E-state index in [9.17, 15) is 20.1 Å². The summed E-state index contributed by atoms with van der Waals surface area (Å²) in [6.45, 7) is 0. The lowest BCUT2D eigenvalue weighted by Gasteiger charge is -2.31. The molecule has 1 aliphatic heterocycles. The van der Waals surface area contributed by atoms with Gasteiger partial charge in [0.25, 0.3) is 0 Å². The van der Waals surface area contributed by atoms with E-state index >= 15 is 0 Å². The molecule has 0 saturated heterocycles. The molecule has 1 aliphatic rings. The zero-order valence-corrected chi connectivity index (χ0v) is 10.4. The summed E-state index contributed by atoms with van der Waals surface area (Å²) in [4.78, 5) is 12.1. The van der Waals surface area contributed by atoms with Crippen LogP contribution < -0.4 is 4.74 Å². The number of hydrogen-bond acceptors (Lipinski definition) is 5. The molecule has 5 heteroatoms. The van der Waals surface area contributed by atoms with Crippen LogP contribution in [0.5, 0.6) is 17.2 Å². The average molecular weight is 272 g/mol. The minimum atomic E-state index is -1.79. The van der Waals surface area contributed by atoms with Crippen LogP contribution in [0.1, 0.15) is 11.1 Å². The van der Waals surface area contributed by atoms with E-state index in [1.165, 1.54) is 36.4 Å². The number of esters is 1. The highest BCUT2D eigenvalue weighted by atomic mass is 16.6. The van der Waals surface area contributed by atoms with Crippen LogP contribution in [0.4, 0.5) is 0 Å². The summed E-state index contributed by atoms with van der Waals surface area (Å²) >= 11 is 0. The molecule has 2 aromatic rings. The number of rotatable bonds is 1. The van der Waals surface area contributed by atoms with Gasteiger partial charge in [-0.15, -0.1) is 0 Å². The van der Waals surface area contributed by atoms with Gasteiger partial charge in [0.15, 0.2) is 5.60 Å². The lowest BCUT2D eigenvalue weighted by molar-refractivity contribution is -0.158. The highest BCUT2D eigenvalue weighted by Crippen LogP contribution is 2.38. The predicted molar refractivity (Wildman–Crippen MR) is 69.4 cm³/mol. The summed E-state index contributed by atoms with van der Waals surface area (Å²) in [7, 11) is 0. The third kappa shape index (κ3) is 1.88. The van der Waals surface area contributed by atoms with Crippen LogP contribution in [-0.2, 0) is 16.8 Å². The largest absolute Gasteiger partial charge is 0.508 e. The molecule has 20 heavy (non-hydrogen) atoms. The van der Waals surface area contributed by atoms with Crippen molar-refractivity contribution in [1.29, 1.82) is 0 Å². The van der Waals surface area contributed by atoms with Crippen LogP contribution in [0.2, 0.25) is 0 Å². The van der Waals surface area contributed by atoms with Crippen molar-refractivity contribution in [3.8, 4) is 17.2 Å². The van der Waals surface area contributed by atoms with Crippen LogP contribution in [0.15, 0.2) is 42.5 Å². The Morgan fingerprint density at radius 2 is 1.65 bits per heavy atom. The number of aliphatic hydroxyl groups is 1. The third-order valence-corrected chi connectivity index (χ3v) is 3.38. The topological polar surface area (TPSA) is 87.0 Å². The van der Waals surface area contributed by atoms with Crippen LogP contribution in [0.25, 0.3) is 0 Å². The fraction of sp³-hybridized carbons (Fsp3) is 0.133. The second-order valence-electron chi connectivity index (χ2n) is 4.77. The van der Waals surface area contributed by atoms with Gasteiger partial charge in [-0.1, -0.05) is 18.2 Å². The van der Waals surface area contributed by atoms with Crippen molar-refractivity contribution in [2.45, 2.75) is 12.0 Å². The summed E-state index contributed by atoms with van der Waals surface area (Å²) in [6.07, 6.45) is 0.0478. The SMILES string of the molecule is O=C1Oc2cc(O)ccc2CC1(O)c1ccc(O)cc1. The molecule has 0 fully saturated rings. The molecule has 0 bridgehead atoms. The molecule has 0 spiro atoms. The van der Waals surface area contributed by atoms with Crippen LogP contribution in [-0.4, -0.2) is 21.3 Å². The van der Waals surface area contributed by atoms with E-state index in [-0.39, 0.29) is 23.7 Å². The fourth-order valence-electron chi connectivity index (χ4n) is 2.27. The van der Waals surface area contributed by atoms with Crippen molar-refractivity contribution in [3.05, 3.63) is 53.6 Å². The Balaban J connectivity index is 2.05. The van der Waals surface area contributed by atoms with Gasteiger partial charge in [-0.05, 0) is 29.3 Å². The number of hydrogen-bond donors (Lipinski definition) is 3. The van der Waals surface area contributed by atoms with Gasteiger partial charge < -0.3 is 20.1 Å². The van der Waals surface area contributed by atoms with Crippen molar-refractivity contribution in [2.75, 3.05) is 0 Å². The quantitative estimate of drug-likeness (QED) is 0.540. The van der Waals surface area contributed by atoms with Crippen LogP contribution in [0, 0.1) is 0 Å². The van der Waals surface area contributed by atoms with Gasteiger partial charge in [0, 0.05) is 12.5 Å². The molecule has 0 radical (unpaired) electrons. The van der Waals surface area contributed by atoms with E-state index in [1.807, 2.05) is 0 Å². The second-order valence-corrected chi connectivity index (χ2v) is 4.77. The van der Waals surface area contributed by atoms with Gasteiger partial charge in [-0.2, -0.15) is 0 Å². The van der Waals surface area contributed by atoms with Gasteiger partial charge >= 0.3 is 5.97 Å². The van der Waals surface area contributed by atoms with Gasteiger partial charge in [0.05, 0.1) is 0 Å². The number of phenols is 2. The molecule has 0 amide bonds. The summed E-state index contributed by atoms with van der Waals surface area (Å²) in [6, 6.07) is 10.1. The first-order valence-electron chi connectivity index (χ1n) is 6.05. The number of fused-ring (bicyclic) bond motifs is 1. The number of ether oxygens (including phenoxy) is 1. The molecule has 102 valence electrons. The Kier molecular flexibility index (Phi) is 2.65. The van der Waals surface area contributed by atoms with Gasteiger partial charge in [0.2, 0.25) is 0 Å². The number of aromatic hydroxyl groups is 2. The van der Waals surface area contributed by atoms with Crippen molar-refractivity contribution in [3.63, 3.8) is 0 Å². The summed E-state index contributed by atoms with van der Waals surface area (Å²) < 4.78 is 5.10. The zero-order chi connectivity index (χ0) is 14.3. The lowest BCUT2D eigenvalue weighted by Crippen LogP contribution is -2.44. The molecular weight excluding hydrogens is 260 g/mol. The molecule has 1 atom stereocenters. The van der Waals surface area contributed by atoms with Crippen molar-refractivity contribution < 1.29 is 24.9 Å². The summed E-state index contributed by atoms with van der Waals surface area (Å²) in [5.41, 5.74) is -0.825. The molecule has 3 N–H and O–H groups in total. The predicted octanol–water partition coefficient (Wildman–Crippen LogP) is 1.45. The Morgan fingerprint density at radius 1 is 1.00 bits per heavy atom. The maximum atomic E-state index is 12.1. The minimum absolute atomic E-state index is 0.00776. The van der Waals surface area contributed by atoms with E-state index in [4.69, 9.17) is 4.74 Å². The van der Waals surface area contributed by atoms with E-state index < -0.39 is 11.6 Å². The number of benzene rings is 2. The maximum Gasteiger partial charge on any atom is 0.348 e.